The highest BCUT2D eigenvalue weighted by Crippen LogP contribution is 2.29. The monoisotopic (exact) mass is 354 g/mol. The van der Waals surface area contributed by atoms with Gasteiger partial charge in [0.15, 0.2) is 5.78 Å². The van der Waals surface area contributed by atoms with Crippen LogP contribution < -0.4 is 10.5 Å². The fourth-order valence-corrected chi connectivity index (χ4v) is 2.83. The number of benzene rings is 1. The van der Waals surface area contributed by atoms with E-state index >= 15 is 0 Å². The summed E-state index contributed by atoms with van der Waals surface area (Å²) in [6, 6.07) is 7.07. The highest BCUT2D eigenvalue weighted by molar-refractivity contribution is 5.98. The summed E-state index contributed by atoms with van der Waals surface area (Å²) < 4.78 is 5.35. The van der Waals surface area contributed by atoms with E-state index in [2.05, 4.69) is 6.92 Å². The molecule has 134 valence electrons. The minimum Gasteiger partial charge on any atom is -0.494 e. The van der Waals surface area contributed by atoms with Crippen molar-refractivity contribution in [3.63, 3.8) is 0 Å². The molecule has 1 unspecified atom stereocenters. The number of amides is 1. The van der Waals surface area contributed by atoms with E-state index in [4.69, 9.17) is 10.5 Å². The molecule has 1 fully saturated rings. The Morgan fingerprint density at radius 1 is 1.25 bits per heavy atom. The third-order valence-corrected chi connectivity index (χ3v) is 4.46. The fourth-order valence-electron chi connectivity index (χ4n) is 2.83. The van der Waals surface area contributed by atoms with E-state index in [-0.39, 0.29) is 42.4 Å². The van der Waals surface area contributed by atoms with Crippen LogP contribution in [0.1, 0.15) is 43.5 Å². The number of halogens is 1. The number of nitrogens with two attached hydrogens (primary N) is 1. The van der Waals surface area contributed by atoms with Gasteiger partial charge in [0.25, 0.3) is 0 Å². The molecule has 1 saturated heterocycles. The first-order valence-corrected chi connectivity index (χ1v) is 8.21. The van der Waals surface area contributed by atoms with Gasteiger partial charge in [0.05, 0.1) is 6.61 Å². The number of hydrogen-bond acceptors (Lipinski definition) is 4. The number of carbonyl (C=O) groups is 2. The van der Waals surface area contributed by atoms with Gasteiger partial charge in [0, 0.05) is 31.5 Å². The molecule has 24 heavy (non-hydrogen) atoms. The van der Waals surface area contributed by atoms with Gasteiger partial charge < -0.3 is 15.4 Å². The highest BCUT2D eigenvalue weighted by Gasteiger charge is 2.34. The lowest BCUT2D eigenvalue weighted by atomic mass is 9.90. The Morgan fingerprint density at radius 3 is 2.46 bits per heavy atom. The van der Waals surface area contributed by atoms with Crippen LogP contribution in [0, 0.1) is 5.41 Å². The van der Waals surface area contributed by atoms with Gasteiger partial charge in [-0.25, -0.2) is 0 Å². The van der Waals surface area contributed by atoms with Crippen LogP contribution in [0.4, 0.5) is 0 Å². The molecule has 1 amide bonds. The Morgan fingerprint density at radius 2 is 1.92 bits per heavy atom. The third-order valence-electron chi connectivity index (χ3n) is 4.46. The fraction of sp³-hybridized carbons (Fsp3) is 0.556. The van der Waals surface area contributed by atoms with Crippen LogP contribution in [0.2, 0.25) is 0 Å². The molecule has 1 aromatic carbocycles. The van der Waals surface area contributed by atoms with Crippen molar-refractivity contribution in [2.24, 2.45) is 11.1 Å². The Bertz CT molecular complexity index is 562. The van der Waals surface area contributed by atoms with E-state index in [1.54, 1.807) is 24.3 Å². The summed E-state index contributed by atoms with van der Waals surface area (Å²) in [6.07, 6.45) is 1.43. The summed E-state index contributed by atoms with van der Waals surface area (Å²) in [5.74, 6) is 0.780. The van der Waals surface area contributed by atoms with Crippen molar-refractivity contribution in [2.45, 2.75) is 33.1 Å². The first kappa shape index (κ1) is 20.5. The van der Waals surface area contributed by atoms with Crippen molar-refractivity contribution < 1.29 is 14.3 Å². The molecular formula is C18H27ClN2O3. The summed E-state index contributed by atoms with van der Waals surface area (Å²) in [4.78, 5) is 26.3. The molecule has 1 atom stereocenters. The second-order valence-corrected chi connectivity index (χ2v) is 6.46. The number of hydrogen-bond donors (Lipinski definition) is 1. The van der Waals surface area contributed by atoms with E-state index in [1.165, 1.54) is 0 Å². The number of ketones is 1. The zero-order valence-corrected chi connectivity index (χ0v) is 15.2. The predicted molar refractivity (Wildman–Crippen MR) is 96.8 cm³/mol. The van der Waals surface area contributed by atoms with Gasteiger partial charge in [-0.05, 0) is 49.6 Å². The lowest BCUT2D eigenvalue weighted by molar-refractivity contribution is -0.130. The first-order chi connectivity index (χ1) is 11.0. The molecule has 0 aromatic heterocycles. The van der Waals surface area contributed by atoms with Crippen molar-refractivity contribution in [1.82, 2.24) is 4.90 Å². The Labute approximate surface area is 149 Å². The molecule has 1 aliphatic rings. The normalized spacial score (nSPS) is 19.7. The summed E-state index contributed by atoms with van der Waals surface area (Å²) in [5, 5.41) is 0. The van der Waals surface area contributed by atoms with Gasteiger partial charge in [-0.1, -0.05) is 6.92 Å². The zero-order valence-electron chi connectivity index (χ0n) is 14.4. The Kier molecular flexibility index (Phi) is 7.70. The topological polar surface area (TPSA) is 72.6 Å². The van der Waals surface area contributed by atoms with E-state index in [0.717, 1.165) is 18.7 Å². The van der Waals surface area contributed by atoms with Crippen LogP contribution in [-0.2, 0) is 4.79 Å². The largest absolute Gasteiger partial charge is 0.494 e. The summed E-state index contributed by atoms with van der Waals surface area (Å²) in [6.45, 7) is 6.63. The van der Waals surface area contributed by atoms with Crippen molar-refractivity contribution in [1.29, 1.82) is 0 Å². The van der Waals surface area contributed by atoms with Gasteiger partial charge in [-0.15, -0.1) is 12.4 Å². The SMILES string of the molecule is CCOc1ccc(C(=O)CCC(=O)N2CCC(C)(CN)C2)cc1.Cl. The van der Waals surface area contributed by atoms with Crippen LogP contribution in [0.15, 0.2) is 24.3 Å². The lowest BCUT2D eigenvalue weighted by Crippen LogP contribution is -2.34. The molecule has 0 spiro atoms. The standard InChI is InChI=1S/C18H26N2O3.ClH/c1-3-23-15-6-4-14(5-7-15)16(21)8-9-17(22)20-11-10-18(2,12-19)13-20;/h4-7H,3,8-13,19H2,1-2H3;1H. The third kappa shape index (κ3) is 5.21. The van der Waals surface area contributed by atoms with Crippen molar-refractivity contribution in [3.05, 3.63) is 29.8 Å². The molecule has 2 rings (SSSR count). The number of carbonyl (C=O) groups excluding carboxylic acids is 2. The van der Waals surface area contributed by atoms with Crippen molar-refractivity contribution in [3.8, 4) is 5.75 Å². The second kappa shape index (κ2) is 9.04. The van der Waals surface area contributed by atoms with Gasteiger partial charge in [0.2, 0.25) is 5.91 Å². The zero-order chi connectivity index (χ0) is 16.9. The van der Waals surface area contributed by atoms with Gasteiger partial charge >= 0.3 is 0 Å². The molecule has 0 aliphatic carbocycles. The van der Waals surface area contributed by atoms with Crippen molar-refractivity contribution in [2.75, 3.05) is 26.2 Å². The van der Waals surface area contributed by atoms with E-state index in [1.807, 2.05) is 11.8 Å². The Balaban J connectivity index is 0.00000288. The molecular weight excluding hydrogens is 328 g/mol. The highest BCUT2D eigenvalue weighted by atomic mass is 35.5. The molecule has 2 N–H and O–H groups in total. The van der Waals surface area contributed by atoms with Crippen LogP contribution >= 0.6 is 12.4 Å². The number of nitrogens with zero attached hydrogens (tertiary/aromatic N) is 1. The molecule has 6 heteroatoms. The van der Waals surface area contributed by atoms with E-state index < -0.39 is 0 Å². The molecule has 1 heterocycles. The number of likely N-dealkylation sites (tertiary alicyclic amines) is 1. The van der Waals surface area contributed by atoms with Crippen molar-refractivity contribution >= 4 is 24.1 Å². The number of ether oxygens (including phenoxy) is 1. The molecule has 0 radical (unpaired) electrons. The number of Topliss-reactive ketones (excluding diaryl/α,β-unsaturated/α-hetero) is 1. The molecule has 1 aromatic rings. The maximum absolute atomic E-state index is 12.2. The maximum Gasteiger partial charge on any atom is 0.223 e. The average molecular weight is 355 g/mol. The van der Waals surface area contributed by atoms with E-state index in [9.17, 15) is 9.59 Å². The average Bonchev–Trinajstić information content (AvgIpc) is 2.96. The minimum atomic E-state index is -0.0119. The summed E-state index contributed by atoms with van der Waals surface area (Å²) in [5.41, 5.74) is 6.40. The minimum absolute atomic E-state index is 0. The molecule has 5 nitrogen and oxygen atoms in total. The van der Waals surface area contributed by atoms with Gasteiger partial charge in [-0.2, -0.15) is 0 Å². The summed E-state index contributed by atoms with van der Waals surface area (Å²) in [7, 11) is 0. The second-order valence-electron chi connectivity index (χ2n) is 6.46. The lowest BCUT2D eigenvalue weighted by Gasteiger charge is -2.22. The van der Waals surface area contributed by atoms with Gasteiger partial charge in [-0.3, -0.25) is 9.59 Å². The summed E-state index contributed by atoms with van der Waals surface area (Å²) >= 11 is 0. The first-order valence-electron chi connectivity index (χ1n) is 8.21. The maximum atomic E-state index is 12.2. The van der Waals surface area contributed by atoms with Crippen LogP contribution in [0.5, 0.6) is 5.75 Å². The molecule has 0 bridgehead atoms. The Hall–Kier alpha value is -1.59. The molecule has 0 saturated carbocycles. The quantitative estimate of drug-likeness (QED) is 0.764. The predicted octanol–water partition coefficient (Wildman–Crippen LogP) is 2.67. The van der Waals surface area contributed by atoms with Crippen LogP contribution in [0.25, 0.3) is 0 Å². The van der Waals surface area contributed by atoms with Crippen LogP contribution in [0.3, 0.4) is 0 Å². The molecule has 1 aliphatic heterocycles. The smallest absolute Gasteiger partial charge is 0.223 e. The number of rotatable bonds is 7. The van der Waals surface area contributed by atoms with Gasteiger partial charge in [0.1, 0.15) is 5.75 Å². The van der Waals surface area contributed by atoms with E-state index in [0.29, 0.717) is 25.3 Å². The van der Waals surface area contributed by atoms with Crippen LogP contribution in [-0.4, -0.2) is 42.8 Å².